The summed E-state index contributed by atoms with van der Waals surface area (Å²) in [7, 11) is 0. The summed E-state index contributed by atoms with van der Waals surface area (Å²) in [5.41, 5.74) is 1.27. The maximum Gasteiger partial charge on any atom is 0.266 e. The van der Waals surface area contributed by atoms with Crippen molar-refractivity contribution in [3.8, 4) is 5.69 Å². The Morgan fingerprint density at radius 3 is 2.52 bits per heavy atom. The number of benzene rings is 2. The zero-order valence-corrected chi connectivity index (χ0v) is 16.3. The number of aromatic nitrogens is 3. The van der Waals surface area contributed by atoms with E-state index in [1.54, 1.807) is 29.0 Å². The average Bonchev–Trinajstić information content (AvgIpc) is 2.75. The quantitative estimate of drug-likeness (QED) is 0.391. The Morgan fingerprint density at radius 1 is 0.966 bits per heavy atom. The Morgan fingerprint density at radius 2 is 1.72 bits per heavy atom. The van der Waals surface area contributed by atoms with Gasteiger partial charge in [0.2, 0.25) is 5.91 Å². The fraction of sp³-hybridized carbons (Fsp3) is 0.0909. The number of hydrogen-bond acceptors (Lipinski definition) is 5. The van der Waals surface area contributed by atoms with Crippen LogP contribution < -0.4 is 10.9 Å². The van der Waals surface area contributed by atoms with E-state index in [4.69, 9.17) is 0 Å². The van der Waals surface area contributed by atoms with Crippen molar-refractivity contribution in [2.45, 2.75) is 11.6 Å². The van der Waals surface area contributed by atoms with Gasteiger partial charge in [-0.1, -0.05) is 48.2 Å². The second kappa shape index (κ2) is 8.70. The van der Waals surface area contributed by atoms with E-state index in [0.29, 0.717) is 27.6 Å². The monoisotopic (exact) mass is 402 g/mol. The van der Waals surface area contributed by atoms with Crippen LogP contribution in [-0.4, -0.2) is 26.2 Å². The molecule has 1 amide bonds. The van der Waals surface area contributed by atoms with Crippen molar-refractivity contribution in [2.75, 3.05) is 11.1 Å². The molecular formula is C22H18N4O2S. The first-order valence-corrected chi connectivity index (χ1v) is 10.1. The molecule has 6 nitrogen and oxygen atoms in total. The van der Waals surface area contributed by atoms with Crippen LogP contribution in [0.4, 0.5) is 5.82 Å². The number of fused-ring (bicyclic) bond motifs is 1. The third kappa shape index (κ3) is 4.35. The standard InChI is InChI=1S/C22H18N4O2S/c27-20(25-19-12-6-7-14-23-19)13-15-29-22-24-18-11-5-4-10-17(18)21(28)26(22)16-8-2-1-3-9-16/h1-12,14H,13,15H2,(H,23,25,27). The van der Waals surface area contributed by atoms with E-state index in [1.165, 1.54) is 11.8 Å². The van der Waals surface area contributed by atoms with Crippen LogP contribution >= 0.6 is 11.8 Å². The second-order valence-electron chi connectivity index (χ2n) is 6.25. The predicted molar refractivity (Wildman–Crippen MR) is 116 cm³/mol. The number of nitrogens with one attached hydrogen (secondary N) is 1. The molecule has 0 aliphatic carbocycles. The maximum atomic E-state index is 13.1. The maximum absolute atomic E-state index is 13.1. The molecule has 0 atom stereocenters. The molecular weight excluding hydrogens is 384 g/mol. The molecule has 0 saturated carbocycles. The van der Waals surface area contributed by atoms with Gasteiger partial charge >= 0.3 is 0 Å². The molecule has 0 bridgehead atoms. The molecule has 0 unspecified atom stereocenters. The van der Waals surface area contributed by atoms with Crippen LogP contribution in [0.2, 0.25) is 0 Å². The van der Waals surface area contributed by atoms with Crippen LogP contribution in [0, 0.1) is 0 Å². The van der Waals surface area contributed by atoms with Crippen molar-refractivity contribution in [3.05, 3.63) is 89.3 Å². The first-order chi connectivity index (χ1) is 14.2. The van der Waals surface area contributed by atoms with Crippen molar-refractivity contribution < 1.29 is 4.79 Å². The minimum atomic E-state index is -0.134. The molecule has 0 radical (unpaired) electrons. The van der Waals surface area contributed by atoms with E-state index in [1.807, 2.05) is 54.6 Å². The van der Waals surface area contributed by atoms with Crippen molar-refractivity contribution in [2.24, 2.45) is 0 Å². The van der Waals surface area contributed by atoms with Crippen molar-refractivity contribution in [1.82, 2.24) is 14.5 Å². The summed E-state index contributed by atoms with van der Waals surface area (Å²) < 4.78 is 1.60. The smallest absolute Gasteiger partial charge is 0.266 e. The van der Waals surface area contributed by atoms with Gasteiger partial charge < -0.3 is 5.32 Å². The normalized spacial score (nSPS) is 10.8. The van der Waals surface area contributed by atoms with Gasteiger partial charge in [-0.25, -0.2) is 9.97 Å². The number of pyridine rings is 1. The van der Waals surface area contributed by atoms with Gasteiger partial charge in [0.05, 0.1) is 16.6 Å². The third-order valence-electron chi connectivity index (χ3n) is 4.25. The van der Waals surface area contributed by atoms with Gasteiger partial charge in [-0.15, -0.1) is 0 Å². The fourth-order valence-corrected chi connectivity index (χ4v) is 3.84. The lowest BCUT2D eigenvalue weighted by atomic mass is 10.2. The van der Waals surface area contributed by atoms with Crippen LogP contribution in [0.15, 0.2) is 88.9 Å². The largest absolute Gasteiger partial charge is 0.311 e. The number of rotatable bonds is 6. The molecule has 2 aromatic carbocycles. The summed E-state index contributed by atoms with van der Waals surface area (Å²) in [6.45, 7) is 0. The van der Waals surface area contributed by atoms with Gasteiger partial charge in [-0.05, 0) is 36.4 Å². The van der Waals surface area contributed by atoms with E-state index in [2.05, 4.69) is 15.3 Å². The number of hydrogen-bond donors (Lipinski definition) is 1. The number of carbonyl (C=O) groups excluding carboxylic acids is 1. The summed E-state index contributed by atoms with van der Waals surface area (Å²) >= 11 is 1.38. The Labute approximate surface area is 171 Å². The Balaban J connectivity index is 1.58. The molecule has 2 heterocycles. The SMILES string of the molecule is O=C(CCSc1nc2ccccc2c(=O)n1-c1ccccc1)Nc1ccccn1. The minimum absolute atomic E-state index is 0.123. The number of anilines is 1. The van der Waals surface area contributed by atoms with Crippen molar-refractivity contribution in [3.63, 3.8) is 0 Å². The molecule has 0 spiro atoms. The highest BCUT2D eigenvalue weighted by atomic mass is 32.2. The minimum Gasteiger partial charge on any atom is -0.311 e. The zero-order valence-electron chi connectivity index (χ0n) is 15.5. The Kier molecular flexibility index (Phi) is 5.67. The van der Waals surface area contributed by atoms with Gasteiger partial charge in [0.1, 0.15) is 5.82 Å². The molecule has 0 saturated heterocycles. The first-order valence-electron chi connectivity index (χ1n) is 9.13. The molecule has 0 aliphatic rings. The molecule has 4 rings (SSSR count). The van der Waals surface area contributed by atoms with E-state index < -0.39 is 0 Å². The summed E-state index contributed by atoms with van der Waals surface area (Å²) in [5.74, 6) is 0.870. The zero-order chi connectivity index (χ0) is 20.1. The average molecular weight is 402 g/mol. The molecule has 4 aromatic rings. The number of nitrogens with zero attached hydrogens (tertiary/aromatic N) is 3. The molecule has 2 aromatic heterocycles. The van der Waals surface area contributed by atoms with Crippen LogP contribution in [-0.2, 0) is 4.79 Å². The summed E-state index contributed by atoms with van der Waals surface area (Å²) in [4.78, 5) is 34.1. The number of carbonyl (C=O) groups is 1. The van der Waals surface area contributed by atoms with Crippen LogP contribution in [0.3, 0.4) is 0 Å². The first kappa shape index (κ1) is 18.9. The molecule has 1 N–H and O–H groups in total. The number of thioether (sulfide) groups is 1. The van der Waals surface area contributed by atoms with E-state index in [-0.39, 0.29) is 17.9 Å². The summed E-state index contributed by atoms with van der Waals surface area (Å²) in [5, 5.41) is 3.89. The summed E-state index contributed by atoms with van der Waals surface area (Å²) in [6.07, 6.45) is 1.90. The van der Waals surface area contributed by atoms with Gasteiger partial charge in [-0.3, -0.25) is 14.2 Å². The van der Waals surface area contributed by atoms with Crippen LogP contribution in [0.1, 0.15) is 6.42 Å². The molecule has 7 heteroatoms. The Hall–Kier alpha value is -3.45. The van der Waals surface area contributed by atoms with Crippen LogP contribution in [0.25, 0.3) is 16.6 Å². The topological polar surface area (TPSA) is 76.9 Å². The van der Waals surface area contributed by atoms with Crippen molar-refractivity contribution >= 4 is 34.4 Å². The fourth-order valence-electron chi connectivity index (χ4n) is 2.89. The van der Waals surface area contributed by atoms with E-state index in [9.17, 15) is 9.59 Å². The number of amides is 1. The van der Waals surface area contributed by atoms with E-state index in [0.717, 1.165) is 5.69 Å². The van der Waals surface area contributed by atoms with Gasteiger partial charge in [0.15, 0.2) is 5.16 Å². The van der Waals surface area contributed by atoms with Gasteiger partial charge in [0.25, 0.3) is 5.56 Å². The van der Waals surface area contributed by atoms with Crippen molar-refractivity contribution in [1.29, 1.82) is 0 Å². The van der Waals surface area contributed by atoms with Gasteiger partial charge in [-0.2, -0.15) is 0 Å². The lowest BCUT2D eigenvalue weighted by molar-refractivity contribution is -0.115. The molecule has 29 heavy (non-hydrogen) atoms. The lowest BCUT2D eigenvalue weighted by Gasteiger charge is -2.13. The van der Waals surface area contributed by atoms with E-state index >= 15 is 0 Å². The second-order valence-corrected chi connectivity index (χ2v) is 7.31. The predicted octanol–water partition coefficient (Wildman–Crippen LogP) is 3.90. The number of para-hydroxylation sites is 2. The van der Waals surface area contributed by atoms with Gasteiger partial charge in [0, 0.05) is 18.4 Å². The summed E-state index contributed by atoms with van der Waals surface area (Å²) in [6, 6.07) is 22.0. The highest BCUT2D eigenvalue weighted by Gasteiger charge is 2.13. The Bertz CT molecular complexity index is 1190. The lowest BCUT2D eigenvalue weighted by Crippen LogP contribution is -2.22. The molecule has 144 valence electrons. The van der Waals surface area contributed by atoms with Crippen LogP contribution in [0.5, 0.6) is 0 Å². The highest BCUT2D eigenvalue weighted by Crippen LogP contribution is 2.22. The third-order valence-corrected chi connectivity index (χ3v) is 5.19. The highest BCUT2D eigenvalue weighted by molar-refractivity contribution is 7.99. The molecule has 0 fully saturated rings. The molecule has 0 aliphatic heterocycles.